The Labute approximate surface area is 99.0 Å². The molecule has 0 aliphatic carbocycles. The molecule has 0 spiro atoms. The van der Waals surface area contributed by atoms with Crippen LogP contribution in [0.3, 0.4) is 0 Å². The number of likely N-dealkylation sites (tertiary alicyclic amines) is 1. The van der Waals surface area contributed by atoms with Crippen molar-refractivity contribution in [3.63, 3.8) is 0 Å². The average molecular weight is 311 g/mol. The second-order valence-electron chi connectivity index (χ2n) is 4.02. The van der Waals surface area contributed by atoms with Crippen LogP contribution in [0.15, 0.2) is 0 Å². The van der Waals surface area contributed by atoms with Gasteiger partial charge < -0.3 is 10.0 Å². The van der Waals surface area contributed by atoms with Crippen LogP contribution in [0.1, 0.15) is 26.7 Å². The molecule has 1 N–H and O–H groups in total. The van der Waals surface area contributed by atoms with Crippen molar-refractivity contribution < 1.29 is 9.90 Å². The van der Waals surface area contributed by atoms with E-state index in [1.165, 1.54) is 6.92 Å². The van der Waals surface area contributed by atoms with Crippen LogP contribution in [-0.4, -0.2) is 39.0 Å². The van der Waals surface area contributed by atoms with Crippen LogP contribution in [0, 0.1) is 5.92 Å². The van der Waals surface area contributed by atoms with Crippen molar-refractivity contribution in [2.45, 2.75) is 36.7 Å². The SMILES string of the molecule is C[C@@H](O)C(=O)N1CCC([C@@H](C)I)CC1. The zero-order valence-corrected chi connectivity index (χ0v) is 10.9. The van der Waals surface area contributed by atoms with Gasteiger partial charge in [0.2, 0.25) is 0 Å². The number of carbonyl (C=O) groups is 1. The van der Waals surface area contributed by atoms with E-state index in [-0.39, 0.29) is 5.91 Å². The van der Waals surface area contributed by atoms with E-state index in [1.54, 1.807) is 4.90 Å². The summed E-state index contributed by atoms with van der Waals surface area (Å²) in [5, 5.41) is 9.16. The number of amides is 1. The molecule has 1 aliphatic rings. The maximum atomic E-state index is 11.4. The van der Waals surface area contributed by atoms with Crippen molar-refractivity contribution >= 4 is 28.5 Å². The molecule has 0 radical (unpaired) electrons. The van der Waals surface area contributed by atoms with Gasteiger partial charge in [-0.2, -0.15) is 0 Å². The van der Waals surface area contributed by atoms with Crippen molar-refractivity contribution in [2.24, 2.45) is 5.92 Å². The van der Waals surface area contributed by atoms with Crippen molar-refractivity contribution in [1.82, 2.24) is 4.90 Å². The first kappa shape index (κ1) is 12.2. The first-order valence-corrected chi connectivity index (χ1v) is 6.38. The Morgan fingerprint density at radius 3 is 2.29 bits per heavy atom. The Balaban J connectivity index is 2.39. The molecule has 1 saturated heterocycles. The number of nitrogens with zero attached hydrogens (tertiary/aromatic N) is 1. The molecule has 2 atom stereocenters. The second-order valence-corrected chi connectivity index (χ2v) is 5.98. The Hall–Kier alpha value is 0.160. The van der Waals surface area contributed by atoms with Gasteiger partial charge in [0.1, 0.15) is 6.10 Å². The minimum Gasteiger partial charge on any atom is -0.384 e. The molecule has 1 fully saturated rings. The third-order valence-corrected chi connectivity index (χ3v) is 3.88. The van der Waals surface area contributed by atoms with Crippen LogP contribution in [0.2, 0.25) is 0 Å². The Morgan fingerprint density at radius 2 is 1.93 bits per heavy atom. The summed E-state index contributed by atoms with van der Waals surface area (Å²) >= 11 is 2.45. The smallest absolute Gasteiger partial charge is 0.251 e. The van der Waals surface area contributed by atoms with Crippen LogP contribution in [-0.2, 0) is 4.79 Å². The van der Waals surface area contributed by atoms with Crippen LogP contribution in [0.5, 0.6) is 0 Å². The van der Waals surface area contributed by atoms with Gasteiger partial charge in [-0.3, -0.25) is 4.79 Å². The number of alkyl halides is 1. The number of halogens is 1. The van der Waals surface area contributed by atoms with Crippen molar-refractivity contribution in [3.05, 3.63) is 0 Å². The molecular weight excluding hydrogens is 293 g/mol. The van der Waals surface area contributed by atoms with E-state index in [0.717, 1.165) is 31.8 Å². The van der Waals surface area contributed by atoms with E-state index in [1.807, 2.05) is 0 Å². The van der Waals surface area contributed by atoms with E-state index in [2.05, 4.69) is 29.5 Å². The molecule has 14 heavy (non-hydrogen) atoms. The molecule has 3 nitrogen and oxygen atoms in total. The molecule has 0 aromatic heterocycles. The average Bonchev–Trinajstić information content (AvgIpc) is 2.16. The number of aliphatic hydroxyl groups excluding tert-OH is 1. The van der Waals surface area contributed by atoms with Gasteiger partial charge >= 0.3 is 0 Å². The highest BCUT2D eigenvalue weighted by Gasteiger charge is 2.26. The maximum absolute atomic E-state index is 11.4. The lowest BCUT2D eigenvalue weighted by atomic mass is 9.94. The van der Waals surface area contributed by atoms with Gasteiger partial charge in [0.15, 0.2) is 0 Å². The number of rotatable bonds is 2. The quantitative estimate of drug-likeness (QED) is 0.619. The van der Waals surface area contributed by atoms with Crippen LogP contribution in [0.25, 0.3) is 0 Å². The fraction of sp³-hybridized carbons (Fsp3) is 0.900. The summed E-state index contributed by atoms with van der Waals surface area (Å²) in [4.78, 5) is 13.2. The van der Waals surface area contributed by atoms with Crippen molar-refractivity contribution in [3.8, 4) is 0 Å². The van der Waals surface area contributed by atoms with Crippen molar-refractivity contribution in [1.29, 1.82) is 0 Å². The molecule has 1 heterocycles. The van der Waals surface area contributed by atoms with Crippen LogP contribution < -0.4 is 0 Å². The fourth-order valence-electron chi connectivity index (χ4n) is 1.84. The monoisotopic (exact) mass is 311 g/mol. The minimum atomic E-state index is -0.844. The molecular formula is C10H18INO2. The number of hydrogen-bond donors (Lipinski definition) is 1. The Morgan fingerprint density at radius 1 is 1.43 bits per heavy atom. The lowest BCUT2D eigenvalue weighted by Crippen LogP contribution is -2.43. The number of piperidine rings is 1. The highest BCUT2D eigenvalue weighted by atomic mass is 127. The number of hydrogen-bond acceptors (Lipinski definition) is 2. The highest BCUT2D eigenvalue weighted by molar-refractivity contribution is 14.1. The normalized spacial score (nSPS) is 23.3. The lowest BCUT2D eigenvalue weighted by molar-refractivity contribution is -0.140. The van der Waals surface area contributed by atoms with Gasteiger partial charge in [-0.05, 0) is 25.7 Å². The first-order valence-electron chi connectivity index (χ1n) is 5.13. The molecule has 0 saturated carbocycles. The van der Waals surface area contributed by atoms with E-state index in [4.69, 9.17) is 5.11 Å². The molecule has 1 rings (SSSR count). The van der Waals surface area contributed by atoms with Gasteiger partial charge in [0.05, 0.1) is 0 Å². The van der Waals surface area contributed by atoms with E-state index < -0.39 is 6.10 Å². The zero-order chi connectivity index (χ0) is 10.7. The van der Waals surface area contributed by atoms with Gasteiger partial charge in [-0.15, -0.1) is 0 Å². The highest BCUT2D eigenvalue weighted by Crippen LogP contribution is 2.25. The molecule has 4 heteroatoms. The van der Waals surface area contributed by atoms with Gasteiger partial charge in [-0.25, -0.2) is 0 Å². The van der Waals surface area contributed by atoms with Gasteiger partial charge in [0, 0.05) is 17.0 Å². The summed E-state index contributed by atoms with van der Waals surface area (Å²) in [6, 6.07) is 0. The predicted molar refractivity (Wildman–Crippen MR) is 64.5 cm³/mol. The summed E-state index contributed by atoms with van der Waals surface area (Å²) in [5.74, 6) is 0.609. The summed E-state index contributed by atoms with van der Waals surface area (Å²) in [6.45, 7) is 5.37. The van der Waals surface area contributed by atoms with Gasteiger partial charge in [0.25, 0.3) is 5.91 Å². The number of aliphatic hydroxyl groups is 1. The van der Waals surface area contributed by atoms with E-state index in [9.17, 15) is 4.79 Å². The number of carbonyl (C=O) groups excluding carboxylic acids is 1. The summed E-state index contributed by atoms with van der Waals surface area (Å²) < 4.78 is 0.677. The predicted octanol–water partition coefficient (Wildman–Crippen LogP) is 1.43. The molecule has 0 aromatic rings. The summed E-state index contributed by atoms with van der Waals surface area (Å²) in [6.07, 6.45) is 1.30. The Kier molecular flexibility index (Phi) is 4.63. The third-order valence-electron chi connectivity index (χ3n) is 2.86. The topological polar surface area (TPSA) is 40.5 Å². The first-order chi connectivity index (χ1) is 6.52. The summed E-state index contributed by atoms with van der Waals surface area (Å²) in [7, 11) is 0. The van der Waals surface area contributed by atoms with E-state index >= 15 is 0 Å². The fourth-order valence-corrected chi connectivity index (χ4v) is 2.56. The molecule has 0 bridgehead atoms. The maximum Gasteiger partial charge on any atom is 0.251 e. The molecule has 0 unspecified atom stereocenters. The molecule has 1 aliphatic heterocycles. The van der Waals surface area contributed by atoms with Crippen molar-refractivity contribution in [2.75, 3.05) is 13.1 Å². The van der Waals surface area contributed by atoms with Gasteiger partial charge in [-0.1, -0.05) is 29.5 Å². The minimum absolute atomic E-state index is 0.121. The molecule has 1 amide bonds. The second kappa shape index (κ2) is 5.30. The Bertz CT molecular complexity index is 198. The van der Waals surface area contributed by atoms with Crippen LogP contribution in [0.4, 0.5) is 0 Å². The zero-order valence-electron chi connectivity index (χ0n) is 8.74. The summed E-state index contributed by atoms with van der Waals surface area (Å²) in [5.41, 5.74) is 0. The lowest BCUT2D eigenvalue weighted by Gasteiger charge is -2.33. The molecule has 0 aromatic carbocycles. The third kappa shape index (κ3) is 3.08. The van der Waals surface area contributed by atoms with Crippen LogP contribution >= 0.6 is 22.6 Å². The molecule has 82 valence electrons. The largest absolute Gasteiger partial charge is 0.384 e. The van der Waals surface area contributed by atoms with E-state index in [0.29, 0.717) is 3.92 Å². The standard InChI is InChI=1S/C10H18INO2/c1-7(11)9-3-5-12(6-4-9)10(14)8(2)13/h7-9,13H,3-6H2,1-2H3/t7-,8-/m1/s1.